The predicted molar refractivity (Wildman–Crippen MR) is 59.9 cm³/mol. The summed E-state index contributed by atoms with van der Waals surface area (Å²) < 4.78 is 5.18. The average Bonchev–Trinajstić information content (AvgIpc) is 2.71. The van der Waals surface area contributed by atoms with Gasteiger partial charge in [0.1, 0.15) is 0 Å². The minimum atomic E-state index is 0.496. The summed E-state index contributed by atoms with van der Waals surface area (Å²) in [5, 5.41) is 1.00. The van der Waals surface area contributed by atoms with Crippen molar-refractivity contribution in [3.63, 3.8) is 0 Å². The van der Waals surface area contributed by atoms with E-state index in [2.05, 4.69) is 28.9 Å². The topological polar surface area (TPSA) is 9.23 Å². The highest BCUT2D eigenvalue weighted by Gasteiger charge is 2.44. The van der Waals surface area contributed by atoms with Crippen LogP contribution in [-0.4, -0.2) is 7.11 Å². The Labute approximate surface area is 91.2 Å². The van der Waals surface area contributed by atoms with Crippen LogP contribution in [0.1, 0.15) is 29.5 Å². The molecular formula is C10H13BrOS. The van der Waals surface area contributed by atoms with Crippen molar-refractivity contribution >= 4 is 27.3 Å². The molecule has 72 valence electrons. The highest BCUT2D eigenvalue weighted by molar-refractivity contribution is 9.09. The van der Waals surface area contributed by atoms with Crippen LogP contribution in [-0.2, 0) is 0 Å². The first-order valence-electron chi connectivity index (χ1n) is 4.43. The third-order valence-electron chi connectivity index (χ3n) is 2.70. The smallest absolute Gasteiger partial charge is 0.173 e. The third kappa shape index (κ3) is 1.77. The van der Waals surface area contributed by atoms with Crippen LogP contribution >= 0.6 is 27.3 Å². The number of methoxy groups -OCH3 is 1. The van der Waals surface area contributed by atoms with Gasteiger partial charge in [-0.25, -0.2) is 0 Å². The molecule has 0 aromatic carbocycles. The van der Waals surface area contributed by atoms with Crippen LogP contribution in [0.15, 0.2) is 12.1 Å². The van der Waals surface area contributed by atoms with Gasteiger partial charge < -0.3 is 4.74 Å². The Morgan fingerprint density at radius 1 is 1.54 bits per heavy atom. The van der Waals surface area contributed by atoms with E-state index in [-0.39, 0.29) is 0 Å². The van der Waals surface area contributed by atoms with Crippen LogP contribution in [0.4, 0.5) is 0 Å². The average molecular weight is 261 g/mol. The molecule has 1 aromatic rings. The SMILES string of the molecule is COc1ccc(C(Br)C2(C)CC2)s1. The lowest BCUT2D eigenvalue weighted by molar-refractivity contribution is 0.427. The van der Waals surface area contributed by atoms with E-state index in [4.69, 9.17) is 4.74 Å². The van der Waals surface area contributed by atoms with Gasteiger partial charge in [0, 0.05) is 4.88 Å². The molecule has 1 aromatic heterocycles. The van der Waals surface area contributed by atoms with Gasteiger partial charge in [0.15, 0.2) is 5.06 Å². The Morgan fingerprint density at radius 3 is 2.69 bits per heavy atom. The van der Waals surface area contributed by atoms with E-state index in [1.165, 1.54) is 17.7 Å². The molecule has 1 unspecified atom stereocenters. The monoisotopic (exact) mass is 260 g/mol. The fourth-order valence-electron chi connectivity index (χ4n) is 1.37. The van der Waals surface area contributed by atoms with Crippen molar-refractivity contribution in [1.29, 1.82) is 0 Å². The van der Waals surface area contributed by atoms with Crippen molar-refractivity contribution in [2.75, 3.05) is 7.11 Å². The van der Waals surface area contributed by atoms with Crippen LogP contribution in [0.2, 0.25) is 0 Å². The summed E-state index contributed by atoms with van der Waals surface area (Å²) in [5.41, 5.74) is 0.496. The first-order chi connectivity index (χ1) is 6.15. The second-order valence-corrected chi connectivity index (χ2v) is 5.87. The van der Waals surface area contributed by atoms with Crippen molar-refractivity contribution in [3.05, 3.63) is 17.0 Å². The van der Waals surface area contributed by atoms with Crippen LogP contribution in [0.3, 0.4) is 0 Å². The van der Waals surface area contributed by atoms with Crippen LogP contribution < -0.4 is 4.74 Å². The zero-order chi connectivity index (χ0) is 9.47. The molecule has 0 saturated heterocycles. The minimum absolute atomic E-state index is 0.496. The van der Waals surface area contributed by atoms with E-state index in [1.54, 1.807) is 18.4 Å². The second-order valence-electron chi connectivity index (χ2n) is 3.88. The highest BCUT2D eigenvalue weighted by atomic mass is 79.9. The molecule has 1 nitrogen and oxygen atoms in total. The molecule has 0 radical (unpaired) electrons. The van der Waals surface area contributed by atoms with Gasteiger partial charge in [-0.2, -0.15) is 0 Å². The summed E-state index contributed by atoms with van der Waals surface area (Å²) in [7, 11) is 1.72. The fourth-order valence-corrected chi connectivity index (χ4v) is 3.24. The van der Waals surface area contributed by atoms with Crippen LogP contribution in [0.5, 0.6) is 5.06 Å². The molecule has 1 heterocycles. The Kier molecular flexibility index (Phi) is 2.41. The molecule has 0 amide bonds. The Morgan fingerprint density at radius 2 is 2.23 bits per heavy atom. The van der Waals surface area contributed by atoms with Crippen LogP contribution in [0, 0.1) is 5.41 Å². The fraction of sp³-hybridized carbons (Fsp3) is 0.600. The van der Waals surface area contributed by atoms with Gasteiger partial charge >= 0.3 is 0 Å². The van der Waals surface area contributed by atoms with Crippen molar-refractivity contribution in [3.8, 4) is 5.06 Å². The van der Waals surface area contributed by atoms with Crippen molar-refractivity contribution in [2.45, 2.75) is 24.6 Å². The lowest BCUT2D eigenvalue weighted by Gasteiger charge is -2.14. The van der Waals surface area contributed by atoms with Crippen molar-refractivity contribution in [2.24, 2.45) is 5.41 Å². The molecule has 0 bridgehead atoms. The third-order valence-corrected chi connectivity index (χ3v) is 5.72. The number of hydrogen-bond donors (Lipinski definition) is 0. The van der Waals surface area contributed by atoms with Gasteiger partial charge in [0.05, 0.1) is 11.9 Å². The minimum Gasteiger partial charge on any atom is -0.487 e. The highest BCUT2D eigenvalue weighted by Crippen LogP contribution is 2.59. The Hall–Kier alpha value is -0.0200. The lowest BCUT2D eigenvalue weighted by atomic mass is 10.0. The Balaban J connectivity index is 2.15. The van der Waals surface area contributed by atoms with E-state index in [0.29, 0.717) is 10.2 Å². The molecule has 1 saturated carbocycles. The normalized spacial score (nSPS) is 21.2. The Bertz CT molecular complexity index is 304. The summed E-state index contributed by atoms with van der Waals surface area (Å²) in [5.74, 6) is 0. The van der Waals surface area contributed by atoms with Crippen LogP contribution in [0.25, 0.3) is 0 Å². The van der Waals surface area contributed by atoms with E-state index in [1.807, 2.05) is 6.07 Å². The van der Waals surface area contributed by atoms with Gasteiger partial charge in [-0.3, -0.25) is 0 Å². The standard InChI is InChI=1S/C10H13BrOS/c1-10(5-6-10)9(11)7-3-4-8(12-2)13-7/h3-4,9H,5-6H2,1-2H3. The molecule has 0 N–H and O–H groups in total. The number of thiophene rings is 1. The molecule has 0 aliphatic heterocycles. The quantitative estimate of drug-likeness (QED) is 0.747. The molecule has 1 aliphatic carbocycles. The van der Waals surface area contributed by atoms with Gasteiger partial charge in [0.2, 0.25) is 0 Å². The summed E-state index contributed by atoms with van der Waals surface area (Å²) in [6, 6.07) is 4.20. The summed E-state index contributed by atoms with van der Waals surface area (Å²) in [4.78, 5) is 1.89. The molecular weight excluding hydrogens is 248 g/mol. The number of ether oxygens (including phenoxy) is 1. The van der Waals surface area contributed by atoms with E-state index >= 15 is 0 Å². The maximum atomic E-state index is 5.18. The van der Waals surface area contributed by atoms with E-state index < -0.39 is 0 Å². The summed E-state index contributed by atoms with van der Waals surface area (Å²) >= 11 is 5.51. The molecule has 3 heteroatoms. The van der Waals surface area contributed by atoms with Gasteiger partial charge in [0.25, 0.3) is 0 Å². The number of rotatable bonds is 3. The first-order valence-corrected chi connectivity index (χ1v) is 6.17. The number of halogens is 1. The molecule has 1 fully saturated rings. The lowest BCUT2D eigenvalue weighted by Crippen LogP contribution is -2.00. The largest absolute Gasteiger partial charge is 0.487 e. The molecule has 0 spiro atoms. The van der Waals surface area contributed by atoms with Gasteiger partial charge in [-0.05, 0) is 30.4 Å². The maximum absolute atomic E-state index is 5.18. The first kappa shape index (κ1) is 9.53. The zero-order valence-corrected chi connectivity index (χ0v) is 10.2. The van der Waals surface area contributed by atoms with Crippen molar-refractivity contribution in [1.82, 2.24) is 0 Å². The summed E-state index contributed by atoms with van der Waals surface area (Å²) in [6.45, 7) is 2.33. The molecule has 2 rings (SSSR count). The van der Waals surface area contributed by atoms with E-state index in [0.717, 1.165) is 5.06 Å². The predicted octanol–water partition coefficient (Wildman–Crippen LogP) is 3.99. The molecule has 13 heavy (non-hydrogen) atoms. The van der Waals surface area contributed by atoms with Gasteiger partial charge in [-0.1, -0.05) is 22.9 Å². The summed E-state index contributed by atoms with van der Waals surface area (Å²) in [6.07, 6.45) is 2.67. The zero-order valence-electron chi connectivity index (χ0n) is 7.84. The molecule has 1 atom stereocenters. The second kappa shape index (κ2) is 3.28. The number of hydrogen-bond acceptors (Lipinski definition) is 2. The van der Waals surface area contributed by atoms with E-state index in [9.17, 15) is 0 Å². The van der Waals surface area contributed by atoms with Crippen molar-refractivity contribution < 1.29 is 4.74 Å². The molecule has 1 aliphatic rings. The van der Waals surface area contributed by atoms with Gasteiger partial charge in [-0.15, -0.1) is 11.3 Å². The maximum Gasteiger partial charge on any atom is 0.173 e. The number of alkyl halides is 1.